The summed E-state index contributed by atoms with van der Waals surface area (Å²) in [7, 11) is 0. The maximum absolute atomic E-state index is 13.5. The van der Waals surface area contributed by atoms with Gasteiger partial charge in [0.1, 0.15) is 11.6 Å². The number of halogens is 2. The SMILES string of the molecule is CSCCC(NC1CC1)C(=O)Nc1ccc(F)cc1F. The van der Waals surface area contributed by atoms with Crippen molar-refractivity contribution in [2.45, 2.75) is 31.3 Å². The van der Waals surface area contributed by atoms with Crippen molar-refractivity contribution in [1.82, 2.24) is 5.32 Å². The molecule has 2 rings (SSSR count). The lowest BCUT2D eigenvalue weighted by Gasteiger charge is -2.18. The number of thioether (sulfide) groups is 1. The Morgan fingerprint density at radius 3 is 2.80 bits per heavy atom. The Labute approximate surface area is 121 Å². The highest BCUT2D eigenvalue weighted by atomic mass is 32.2. The first-order valence-electron chi connectivity index (χ1n) is 6.61. The fourth-order valence-electron chi connectivity index (χ4n) is 1.87. The lowest BCUT2D eigenvalue weighted by Crippen LogP contribution is -2.42. The summed E-state index contributed by atoms with van der Waals surface area (Å²) in [6, 6.07) is 3.20. The standard InChI is InChI=1S/C14H18F2N2OS/c1-20-7-6-13(17-10-3-4-10)14(19)18-12-5-2-9(15)8-11(12)16/h2,5,8,10,13,17H,3-4,6-7H2,1H3,(H,18,19). The molecule has 3 nitrogen and oxygen atoms in total. The van der Waals surface area contributed by atoms with Crippen LogP contribution >= 0.6 is 11.8 Å². The van der Waals surface area contributed by atoms with Crippen molar-refractivity contribution < 1.29 is 13.6 Å². The Kier molecular flexibility index (Phi) is 5.37. The zero-order valence-corrected chi connectivity index (χ0v) is 12.1. The summed E-state index contributed by atoms with van der Waals surface area (Å²) in [5.74, 6) is -0.829. The number of anilines is 1. The Balaban J connectivity index is 1.98. The molecular formula is C14H18F2N2OS. The van der Waals surface area contributed by atoms with Gasteiger partial charge < -0.3 is 10.6 Å². The van der Waals surface area contributed by atoms with Crippen LogP contribution < -0.4 is 10.6 Å². The van der Waals surface area contributed by atoms with Gasteiger partial charge in [0.15, 0.2) is 0 Å². The number of hydrogen-bond donors (Lipinski definition) is 2. The minimum atomic E-state index is -0.756. The first kappa shape index (κ1) is 15.3. The van der Waals surface area contributed by atoms with Gasteiger partial charge in [0.05, 0.1) is 11.7 Å². The zero-order chi connectivity index (χ0) is 14.5. The zero-order valence-electron chi connectivity index (χ0n) is 11.3. The molecule has 1 aliphatic carbocycles. The molecule has 1 saturated carbocycles. The minimum Gasteiger partial charge on any atom is -0.322 e. The van der Waals surface area contributed by atoms with Gasteiger partial charge >= 0.3 is 0 Å². The van der Waals surface area contributed by atoms with Gasteiger partial charge in [-0.2, -0.15) is 11.8 Å². The average Bonchev–Trinajstić information content (AvgIpc) is 3.21. The third-order valence-corrected chi connectivity index (χ3v) is 3.77. The van der Waals surface area contributed by atoms with E-state index in [-0.39, 0.29) is 17.6 Å². The summed E-state index contributed by atoms with van der Waals surface area (Å²) in [6.07, 6.45) is 4.82. The summed E-state index contributed by atoms with van der Waals surface area (Å²) < 4.78 is 26.3. The molecule has 1 amide bonds. The average molecular weight is 300 g/mol. The summed E-state index contributed by atoms with van der Waals surface area (Å²) in [5, 5.41) is 5.78. The molecule has 0 heterocycles. The molecule has 0 bridgehead atoms. The normalized spacial score (nSPS) is 15.9. The van der Waals surface area contributed by atoms with Crippen LogP contribution in [-0.2, 0) is 4.79 Å². The molecule has 0 radical (unpaired) electrons. The maximum atomic E-state index is 13.5. The number of carbonyl (C=O) groups is 1. The molecule has 1 aromatic carbocycles. The van der Waals surface area contributed by atoms with Crippen LogP contribution in [0.1, 0.15) is 19.3 Å². The lowest BCUT2D eigenvalue weighted by molar-refractivity contribution is -0.118. The van der Waals surface area contributed by atoms with Crippen molar-refractivity contribution in [3.63, 3.8) is 0 Å². The number of hydrogen-bond acceptors (Lipinski definition) is 3. The van der Waals surface area contributed by atoms with Crippen molar-refractivity contribution in [2.24, 2.45) is 0 Å². The fraction of sp³-hybridized carbons (Fsp3) is 0.500. The molecule has 0 saturated heterocycles. The Morgan fingerprint density at radius 2 is 2.20 bits per heavy atom. The fourth-order valence-corrected chi connectivity index (χ4v) is 2.34. The van der Waals surface area contributed by atoms with Gasteiger partial charge in [0.2, 0.25) is 5.91 Å². The van der Waals surface area contributed by atoms with E-state index < -0.39 is 11.6 Å². The van der Waals surface area contributed by atoms with Crippen molar-refractivity contribution in [1.29, 1.82) is 0 Å². The number of rotatable bonds is 7. The number of amides is 1. The molecule has 1 fully saturated rings. The summed E-state index contributed by atoms with van der Waals surface area (Å²) in [5.41, 5.74) is 0.0168. The summed E-state index contributed by atoms with van der Waals surface area (Å²) in [4.78, 5) is 12.2. The number of nitrogens with one attached hydrogen (secondary N) is 2. The van der Waals surface area contributed by atoms with E-state index in [1.54, 1.807) is 11.8 Å². The van der Waals surface area contributed by atoms with Gasteiger partial charge in [-0.25, -0.2) is 8.78 Å². The van der Waals surface area contributed by atoms with Crippen LogP contribution in [-0.4, -0.2) is 30.0 Å². The number of carbonyl (C=O) groups excluding carboxylic acids is 1. The largest absolute Gasteiger partial charge is 0.322 e. The minimum absolute atomic E-state index is 0.0168. The molecule has 0 aromatic heterocycles. The second kappa shape index (κ2) is 7.04. The molecular weight excluding hydrogens is 282 g/mol. The highest BCUT2D eigenvalue weighted by molar-refractivity contribution is 7.98. The smallest absolute Gasteiger partial charge is 0.241 e. The first-order valence-corrected chi connectivity index (χ1v) is 8.00. The van der Waals surface area contributed by atoms with Crippen molar-refractivity contribution in [2.75, 3.05) is 17.3 Å². The summed E-state index contributed by atoms with van der Waals surface area (Å²) >= 11 is 1.66. The van der Waals surface area contributed by atoms with Gasteiger partial charge in [0, 0.05) is 12.1 Å². The number of benzene rings is 1. The van der Waals surface area contributed by atoms with E-state index in [0.29, 0.717) is 12.5 Å². The van der Waals surface area contributed by atoms with Crippen LogP contribution in [0, 0.1) is 11.6 Å². The van der Waals surface area contributed by atoms with Crippen LogP contribution in [0.5, 0.6) is 0 Å². The Morgan fingerprint density at radius 1 is 1.45 bits per heavy atom. The molecule has 1 atom stereocenters. The van der Waals surface area contributed by atoms with Gasteiger partial charge in [0.25, 0.3) is 0 Å². The van der Waals surface area contributed by atoms with Crippen LogP contribution in [0.25, 0.3) is 0 Å². The first-order chi connectivity index (χ1) is 9.60. The lowest BCUT2D eigenvalue weighted by atomic mass is 10.2. The second-order valence-corrected chi connectivity index (χ2v) is 5.87. The van der Waals surface area contributed by atoms with Crippen LogP contribution in [0.4, 0.5) is 14.5 Å². The van der Waals surface area contributed by atoms with Crippen molar-refractivity contribution >= 4 is 23.4 Å². The van der Waals surface area contributed by atoms with E-state index in [1.807, 2.05) is 6.26 Å². The van der Waals surface area contributed by atoms with Gasteiger partial charge in [-0.05, 0) is 43.4 Å². The molecule has 110 valence electrons. The van der Waals surface area contributed by atoms with Crippen molar-refractivity contribution in [3.8, 4) is 0 Å². The summed E-state index contributed by atoms with van der Waals surface area (Å²) in [6.45, 7) is 0. The molecule has 6 heteroatoms. The second-order valence-electron chi connectivity index (χ2n) is 4.89. The highest BCUT2D eigenvalue weighted by Gasteiger charge is 2.28. The van der Waals surface area contributed by atoms with E-state index in [2.05, 4.69) is 10.6 Å². The molecule has 1 aliphatic rings. The van der Waals surface area contributed by atoms with E-state index in [4.69, 9.17) is 0 Å². The van der Waals surface area contributed by atoms with E-state index in [0.717, 1.165) is 30.7 Å². The molecule has 1 unspecified atom stereocenters. The molecule has 0 spiro atoms. The third kappa shape index (κ3) is 4.45. The Hall–Kier alpha value is -1.14. The predicted molar refractivity (Wildman–Crippen MR) is 77.9 cm³/mol. The van der Waals surface area contributed by atoms with E-state index in [1.165, 1.54) is 6.07 Å². The maximum Gasteiger partial charge on any atom is 0.241 e. The molecule has 2 N–H and O–H groups in total. The van der Waals surface area contributed by atoms with Gasteiger partial charge in [-0.1, -0.05) is 0 Å². The van der Waals surface area contributed by atoms with Crippen LogP contribution in [0.3, 0.4) is 0 Å². The predicted octanol–water partition coefficient (Wildman–Crippen LogP) is 2.78. The van der Waals surface area contributed by atoms with Crippen LogP contribution in [0.15, 0.2) is 18.2 Å². The third-order valence-electron chi connectivity index (χ3n) is 3.13. The quantitative estimate of drug-likeness (QED) is 0.813. The topological polar surface area (TPSA) is 41.1 Å². The van der Waals surface area contributed by atoms with E-state index >= 15 is 0 Å². The Bertz CT molecular complexity index is 480. The molecule has 1 aromatic rings. The highest BCUT2D eigenvalue weighted by Crippen LogP contribution is 2.21. The van der Waals surface area contributed by atoms with Crippen LogP contribution in [0.2, 0.25) is 0 Å². The van der Waals surface area contributed by atoms with Gasteiger partial charge in [-0.3, -0.25) is 4.79 Å². The monoisotopic (exact) mass is 300 g/mol. The van der Waals surface area contributed by atoms with Gasteiger partial charge in [-0.15, -0.1) is 0 Å². The van der Waals surface area contributed by atoms with E-state index in [9.17, 15) is 13.6 Å². The molecule has 20 heavy (non-hydrogen) atoms. The van der Waals surface area contributed by atoms with Crippen molar-refractivity contribution in [3.05, 3.63) is 29.8 Å². The molecule has 0 aliphatic heterocycles.